The summed E-state index contributed by atoms with van der Waals surface area (Å²) in [5.74, 6) is 0.245. The second-order valence-corrected chi connectivity index (χ2v) is 6.47. The molecular formula is C17H21NO3. The molecule has 1 saturated carbocycles. The van der Waals surface area contributed by atoms with Gasteiger partial charge in [0.15, 0.2) is 0 Å². The second kappa shape index (κ2) is 4.58. The molecule has 2 unspecified atom stereocenters. The molecule has 0 saturated heterocycles. The molecule has 0 bridgehead atoms. The molecule has 1 aliphatic carbocycles. The number of likely N-dealkylation sites (N-methyl/N-ethyl adjacent to an activating group) is 1. The van der Waals surface area contributed by atoms with Crippen LogP contribution in [-0.2, 0) is 19.7 Å². The number of carbonyl (C=O) groups is 2. The van der Waals surface area contributed by atoms with E-state index in [1.165, 1.54) is 0 Å². The molecule has 21 heavy (non-hydrogen) atoms. The van der Waals surface area contributed by atoms with Crippen LogP contribution in [0.3, 0.4) is 0 Å². The summed E-state index contributed by atoms with van der Waals surface area (Å²) in [6.45, 7) is 6.17. The molecule has 0 radical (unpaired) electrons. The topological polar surface area (TPSA) is 46.6 Å². The zero-order chi connectivity index (χ0) is 15.4. The Morgan fingerprint density at radius 1 is 1.43 bits per heavy atom. The van der Waals surface area contributed by atoms with Crippen molar-refractivity contribution in [2.75, 3.05) is 18.6 Å². The van der Waals surface area contributed by atoms with Crippen molar-refractivity contribution in [2.45, 2.75) is 38.5 Å². The minimum atomic E-state index is -0.492. The zero-order valence-electron chi connectivity index (χ0n) is 13.0. The molecule has 1 aromatic carbocycles. The van der Waals surface area contributed by atoms with Crippen LogP contribution in [0.5, 0.6) is 0 Å². The van der Waals surface area contributed by atoms with Crippen LogP contribution < -0.4 is 4.90 Å². The first-order valence-electron chi connectivity index (χ1n) is 7.47. The highest BCUT2D eigenvalue weighted by atomic mass is 16.5. The predicted molar refractivity (Wildman–Crippen MR) is 80.4 cm³/mol. The third-order valence-corrected chi connectivity index (χ3v) is 4.70. The van der Waals surface area contributed by atoms with E-state index >= 15 is 0 Å². The van der Waals surface area contributed by atoms with E-state index in [1.807, 2.05) is 40.0 Å². The summed E-state index contributed by atoms with van der Waals surface area (Å²) in [5.41, 5.74) is 2.68. The Hall–Kier alpha value is -1.84. The Kier molecular flexibility index (Phi) is 3.08. The Labute approximate surface area is 125 Å². The van der Waals surface area contributed by atoms with Crippen molar-refractivity contribution in [3.63, 3.8) is 0 Å². The maximum Gasteiger partial charge on any atom is 0.309 e. The lowest BCUT2D eigenvalue weighted by Crippen LogP contribution is -2.33. The molecule has 1 fully saturated rings. The van der Waals surface area contributed by atoms with E-state index in [0.717, 1.165) is 23.2 Å². The van der Waals surface area contributed by atoms with Gasteiger partial charge in [-0.05, 0) is 50.3 Å². The standard InChI is InChI=1S/C17H21NO3/c1-5-21-15(19)12-9-11(12)10-6-7-14-13(8-10)17(2,3)16(20)18(14)4/h6-8,11-12H,5,9H2,1-4H3. The number of benzene rings is 1. The first-order valence-corrected chi connectivity index (χ1v) is 7.47. The largest absolute Gasteiger partial charge is 0.466 e. The highest BCUT2D eigenvalue weighted by molar-refractivity contribution is 6.07. The number of anilines is 1. The molecule has 1 aliphatic heterocycles. The van der Waals surface area contributed by atoms with Gasteiger partial charge < -0.3 is 9.64 Å². The van der Waals surface area contributed by atoms with Crippen molar-refractivity contribution in [3.8, 4) is 0 Å². The number of ether oxygens (including phenoxy) is 1. The molecule has 4 heteroatoms. The summed E-state index contributed by atoms with van der Waals surface area (Å²) in [7, 11) is 1.81. The van der Waals surface area contributed by atoms with E-state index in [4.69, 9.17) is 4.74 Å². The van der Waals surface area contributed by atoms with Gasteiger partial charge in [0.2, 0.25) is 5.91 Å². The molecule has 1 heterocycles. The maximum atomic E-state index is 12.3. The quantitative estimate of drug-likeness (QED) is 0.803. The first-order chi connectivity index (χ1) is 9.87. The van der Waals surface area contributed by atoms with Crippen LogP contribution >= 0.6 is 0 Å². The molecular weight excluding hydrogens is 266 g/mol. The highest BCUT2D eigenvalue weighted by Crippen LogP contribution is 2.50. The molecule has 4 nitrogen and oxygen atoms in total. The molecule has 0 N–H and O–H groups in total. The number of fused-ring (bicyclic) bond motifs is 1. The Morgan fingerprint density at radius 2 is 2.14 bits per heavy atom. The molecule has 112 valence electrons. The van der Waals surface area contributed by atoms with Crippen molar-refractivity contribution in [1.82, 2.24) is 0 Å². The number of nitrogens with zero attached hydrogens (tertiary/aromatic N) is 1. The normalized spacial score (nSPS) is 25.7. The van der Waals surface area contributed by atoms with Crippen LogP contribution in [0, 0.1) is 5.92 Å². The van der Waals surface area contributed by atoms with Crippen LogP contribution in [-0.4, -0.2) is 25.5 Å². The van der Waals surface area contributed by atoms with Gasteiger partial charge in [-0.2, -0.15) is 0 Å². The molecule has 0 aromatic heterocycles. The summed E-state index contributed by atoms with van der Waals surface area (Å²) in [6.07, 6.45) is 0.849. The Morgan fingerprint density at radius 3 is 2.81 bits per heavy atom. The summed E-state index contributed by atoms with van der Waals surface area (Å²) in [5, 5.41) is 0. The van der Waals surface area contributed by atoms with Gasteiger partial charge in [-0.15, -0.1) is 0 Å². The van der Waals surface area contributed by atoms with Gasteiger partial charge >= 0.3 is 5.97 Å². The average Bonchev–Trinajstić information content (AvgIpc) is 3.22. The number of carbonyl (C=O) groups excluding carboxylic acids is 2. The second-order valence-electron chi connectivity index (χ2n) is 6.47. The van der Waals surface area contributed by atoms with Gasteiger partial charge in [-0.3, -0.25) is 9.59 Å². The van der Waals surface area contributed by atoms with Crippen LogP contribution in [0.25, 0.3) is 0 Å². The summed E-state index contributed by atoms with van der Waals surface area (Å²) < 4.78 is 5.08. The van der Waals surface area contributed by atoms with Gasteiger partial charge in [0, 0.05) is 12.7 Å². The van der Waals surface area contributed by atoms with Gasteiger partial charge in [-0.1, -0.05) is 12.1 Å². The third kappa shape index (κ3) is 2.04. The van der Waals surface area contributed by atoms with Gasteiger partial charge in [-0.25, -0.2) is 0 Å². The van der Waals surface area contributed by atoms with E-state index in [1.54, 1.807) is 4.90 Å². The maximum absolute atomic E-state index is 12.3. The molecule has 1 aromatic rings. The SMILES string of the molecule is CCOC(=O)C1CC1c1ccc2c(c1)C(C)(C)C(=O)N2C. The minimum absolute atomic E-state index is 0.0130. The number of esters is 1. The van der Waals surface area contributed by atoms with Crippen molar-refractivity contribution in [3.05, 3.63) is 29.3 Å². The van der Waals surface area contributed by atoms with E-state index < -0.39 is 5.41 Å². The fourth-order valence-corrected chi connectivity index (χ4v) is 3.29. The zero-order valence-corrected chi connectivity index (χ0v) is 13.0. The number of rotatable bonds is 3. The Balaban J connectivity index is 1.88. The summed E-state index contributed by atoms with van der Waals surface area (Å²) in [6, 6.07) is 6.13. The van der Waals surface area contributed by atoms with Crippen molar-refractivity contribution in [1.29, 1.82) is 0 Å². The van der Waals surface area contributed by atoms with Gasteiger partial charge in [0.05, 0.1) is 17.9 Å². The first kappa shape index (κ1) is 14.1. The Bertz CT molecular complexity index is 620. The van der Waals surface area contributed by atoms with E-state index in [-0.39, 0.29) is 23.7 Å². The van der Waals surface area contributed by atoms with E-state index in [0.29, 0.717) is 6.61 Å². The smallest absolute Gasteiger partial charge is 0.309 e. The van der Waals surface area contributed by atoms with Crippen molar-refractivity contribution < 1.29 is 14.3 Å². The molecule has 1 amide bonds. The van der Waals surface area contributed by atoms with Crippen molar-refractivity contribution in [2.24, 2.45) is 5.92 Å². The number of hydrogen-bond donors (Lipinski definition) is 0. The fraction of sp³-hybridized carbons (Fsp3) is 0.529. The lowest BCUT2D eigenvalue weighted by molar-refractivity contribution is -0.144. The van der Waals surface area contributed by atoms with Crippen LogP contribution in [0.1, 0.15) is 44.2 Å². The summed E-state index contributed by atoms with van der Waals surface area (Å²) in [4.78, 5) is 25.8. The summed E-state index contributed by atoms with van der Waals surface area (Å²) >= 11 is 0. The van der Waals surface area contributed by atoms with E-state index in [2.05, 4.69) is 6.07 Å². The van der Waals surface area contributed by atoms with E-state index in [9.17, 15) is 9.59 Å². The van der Waals surface area contributed by atoms with Crippen LogP contribution in [0.4, 0.5) is 5.69 Å². The lowest BCUT2D eigenvalue weighted by atomic mass is 9.85. The number of amides is 1. The van der Waals surface area contributed by atoms with Crippen LogP contribution in [0.2, 0.25) is 0 Å². The number of hydrogen-bond acceptors (Lipinski definition) is 3. The van der Waals surface area contributed by atoms with Crippen molar-refractivity contribution >= 4 is 17.6 Å². The molecule has 2 atom stereocenters. The third-order valence-electron chi connectivity index (χ3n) is 4.70. The average molecular weight is 287 g/mol. The van der Waals surface area contributed by atoms with Gasteiger partial charge in [0.25, 0.3) is 0 Å². The highest BCUT2D eigenvalue weighted by Gasteiger charge is 2.47. The molecule has 0 spiro atoms. The fourth-order valence-electron chi connectivity index (χ4n) is 3.29. The predicted octanol–water partition coefficient (Wildman–Crippen LogP) is 2.61. The lowest BCUT2D eigenvalue weighted by Gasteiger charge is -2.16. The van der Waals surface area contributed by atoms with Gasteiger partial charge in [0.1, 0.15) is 0 Å². The molecule has 2 aliphatic rings. The monoisotopic (exact) mass is 287 g/mol. The minimum Gasteiger partial charge on any atom is -0.466 e. The molecule has 3 rings (SSSR count). The van der Waals surface area contributed by atoms with Crippen LogP contribution in [0.15, 0.2) is 18.2 Å².